The molecular weight excluding hydrogens is 224 g/mol. The molecule has 3 heteroatoms. The number of rotatable bonds is 3. The first-order chi connectivity index (χ1) is 8.83. The van der Waals surface area contributed by atoms with Crippen LogP contribution in [0.5, 0.6) is 0 Å². The van der Waals surface area contributed by atoms with Crippen LogP contribution in [0.1, 0.15) is 51.4 Å². The molecule has 1 aliphatic carbocycles. The zero-order chi connectivity index (χ0) is 12.4. The summed E-state index contributed by atoms with van der Waals surface area (Å²) in [6, 6.07) is 0.698. The Morgan fingerprint density at radius 1 is 1.17 bits per heavy atom. The van der Waals surface area contributed by atoms with Gasteiger partial charge in [-0.05, 0) is 37.6 Å². The van der Waals surface area contributed by atoms with Crippen molar-refractivity contribution in [1.82, 2.24) is 10.2 Å². The third-order valence-corrected chi connectivity index (χ3v) is 5.25. The lowest BCUT2D eigenvalue weighted by Gasteiger charge is -2.35. The summed E-state index contributed by atoms with van der Waals surface area (Å²) in [5.74, 6) is 2.00. The van der Waals surface area contributed by atoms with Crippen molar-refractivity contribution >= 4 is 5.91 Å². The van der Waals surface area contributed by atoms with Gasteiger partial charge in [0.05, 0.1) is 0 Å². The molecule has 0 aromatic heterocycles. The minimum Gasteiger partial charge on any atom is -0.342 e. The number of hydrogen-bond acceptors (Lipinski definition) is 2. The number of hydrogen-bond donors (Lipinski definition) is 1. The van der Waals surface area contributed by atoms with Crippen LogP contribution in [0.4, 0.5) is 0 Å². The normalized spacial score (nSPS) is 32.8. The van der Waals surface area contributed by atoms with Crippen LogP contribution in [-0.2, 0) is 4.79 Å². The molecule has 2 heterocycles. The quantitative estimate of drug-likeness (QED) is 0.832. The Morgan fingerprint density at radius 3 is 2.83 bits per heavy atom. The van der Waals surface area contributed by atoms with Crippen molar-refractivity contribution in [2.45, 2.75) is 57.4 Å². The van der Waals surface area contributed by atoms with Crippen molar-refractivity contribution in [3.8, 4) is 0 Å². The van der Waals surface area contributed by atoms with Gasteiger partial charge in [0.1, 0.15) is 0 Å². The first kappa shape index (κ1) is 12.5. The molecule has 3 fully saturated rings. The van der Waals surface area contributed by atoms with Gasteiger partial charge in [-0.2, -0.15) is 0 Å². The van der Waals surface area contributed by atoms with Gasteiger partial charge in [-0.3, -0.25) is 4.79 Å². The fourth-order valence-electron chi connectivity index (χ4n) is 4.06. The Balaban J connectivity index is 1.44. The van der Waals surface area contributed by atoms with Crippen LogP contribution in [-0.4, -0.2) is 36.5 Å². The van der Waals surface area contributed by atoms with Gasteiger partial charge in [0.25, 0.3) is 0 Å². The highest BCUT2D eigenvalue weighted by atomic mass is 16.2. The molecule has 102 valence electrons. The fraction of sp³-hybridized carbons (Fsp3) is 0.933. The number of nitrogens with zero attached hydrogens (tertiary/aromatic N) is 1. The van der Waals surface area contributed by atoms with E-state index in [0.29, 0.717) is 11.9 Å². The summed E-state index contributed by atoms with van der Waals surface area (Å²) >= 11 is 0. The molecule has 0 aromatic carbocycles. The van der Waals surface area contributed by atoms with E-state index in [1.165, 1.54) is 38.5 Å². The summed E-state index contributed by atoms with van der Waals surface area (Å²) in [4.78, 5) is 14.4. The number of piperidine rings is 1. The van der Waals surface area contributed by atoms with Crippen LogP contribution in [0, 0.1) is 11.8 Å². The lowest BCUT2D eigenvalue weighted by Crippen LogP contribution is -2.46. The van der Waals surface area contributed by atoms with E-state index in [-0.39, 0.29) is 0 Å². The van der Waals surface area contributed by atoms with E-state index < -0.39 is 0 Å². The largest absolute Gasteiger partial charge is 0.342 e. The van der Waals surface area contributed by atoms with Gasteiger partial charge in [0, 0.05) is 25.6 Å². The van der Waals surface area contributed by atoms with Crippen molar-refractivity contribution in [3.05, 3.63) is 0 Å². The molecule has 2 aliphatic heterocycles. The summed E-state index contributed by atoms with van der Waals surface area (Å²) in [5, 5.41) is 3.56. The van der Waals surface area contributed by atoms with Crippen LogP contribution in [0.15, 0.2) is 0 Å². The van der Waals surface area contributed by atoms with E-state index in [1.807, 2.05) is 0 Å². The van der Waals surface area contributed by atoms with E-state index >= 15 is 0 Å². The molecule has 0 spiro atoms. The summed E-state index contributed by atoms with van der Waals surface area (Å²) in [6.45, 7) is 3.15. The molecule has 3 aliphatic rings. The standard InChI is InChI=1S/C15H26N2O/c18-15(6-5-12-3-1-2-4-12)17-10-8-14-13(11-17)7-9-16-14/h12-14,16H,1-11H2. The SMILES string of the molecule is O=C(CCC1CCCC1)N1CCC2NCCC2C1. The number of carbonyl (C=O) groups excluding carboxylic acids is 1. The Kier molecular flexibility index (Phi) is 3.88. The minimum absolute atomic E-state index is 0.423. The Bertz CT molecular complexity index is 299. The summed E-state index contributed by atoms with van der Waals surface area (Å²) in [6.07, 6.45) is 9.87. The van der Waals surface area contributed by atoms with Crippen molar-refractivity contribution < 1.29 is 4.79 Å². The van der Waals surface area contributed by atoms with E-state index in [9.17, 15) is 4.79 Å². The van der Waals surface area contributed by atoms with Crippen molar-refractivity contribution in [2.24, 2.45) is 11.8 Å². The molecule has 2 unspecified atom stereocenters. The molecule has 0 aromatic rings. The molecule has 2 saturated heterocycles. The van der Waals surface area contributed by atoms with Gasteiger partial charge in [0.2, 0.25) is 5.91 Å². The van der Waals surface area contributed by atoms with E-state index in [1.54, 1.807) is 0 Å². The molecule has 0 bridgehead atoms. The van der Waals surface area contributed by atoms with Crippen molar-refractivity contribution in [1.29, 1.82) is 0 Å². The zero-order valence-electron chi connectivity index (χ0n) is 11.4. The summed E-state index contributed by atoms with van der Waals surface area (Å²) in [5.41, 5.74) is 0. The predicted molar refractivity (Wildman–Crippen MR) is 72.3 cm³/mol. The van der Waals surface area contributed by atoms with Gasteiger partial charge in [-0.25, -0.2) is 0 Å². The van der Waals surface area contributed by atoms with Gasteiger partial charge >= 0.3 is 0 Å². The average Bonchev–Trinajstić information content (AvgIpc) is 3.05. The maximum Gasteiger partial charge on any atom is 0.222 e. The summed E-state index contributed by atoms with van der Waals surface area (Å²) < 4.78 is 0. The second-order valence-corrected chi connectivity index (χ2v) is 6.43. The third-order valence-electron chi connectivity index (χ3n) is 5.25. The van der Waals surface area contributed by atoms with E-state index in [0.717, 1.165) is 44.3 Å². The smallest absolute Gasteiger partial charge is 0.222 e. The van der Waals surface area contributed by atoms with Crippen LogP contribution in [0.3, 0.4) is 0 Å². The first-order valence-corrected chi connectivity index (χ1v) is 7.84. The Hall–Kier alpha value is -0.570. The molecule has 3 nitrogen and oxygen atoms in total. The zero-order valence-corrected chi connectivity index (χ0v) is 11.4. The Morgan fingerprint density at radius 2 is 2.00 bits per heavy atom. The fourth-order valence-corrected chi connectivity index (χ4v) is 4.06. The van der Waals surface area contributed by atoms with Gasteiger partial charge < -0.3 is 10.2 Å². The molecule has 2 atom stereocenters. The highest BCUT2D eigenvalue weighted by Gasteiger charge is 2.34. The number of carbonyl (C=O) groups is 1. The molecule has 1 saturated carbocycles. The maximum absolute atomic E-state index is 12.2. The van der Waals surface area contributed by atoms with Gasteiger partial charge in [-0.1, -0.05) is 25.7 Å². The first-order valence-electron chi connectivity index (χ1n) is 7.84. The van der Waals surface area contributed by atoms with E-state index in [2.05, 4.69) is 10.2 Å². The third kappa shape index (κ3) is 2.71. The molecular formula is C15H26N2O. The number of nitrogens with one attached hydrogen (secondary N) is 1. The molecule has 3 rings (SSSR count). The highest BCUT2D eigenvalue weighted by molar-refractivity contribution is 5.76. The topological polar surface area (TPSA) is 32.3 Å². The second kappa shape index (κ2) is 5.60. The van der Waals surface area contributed by atoms with E-state index in [4.69, 9.17) is 0 Å². The number of likely N-dealkylation sites (tertiary alicyclic amines) is 1. The van der Waals surface area contributed by atoms with Crippen LogP contribution < -0.4 is 5.32 Å². The van der Waals surface area contributed by atoms with Crippen molar-refractivity contribution in [3.63, 3.8) is 0 Å². The lowest BCUT2D eigenvalue weighted by molar-refractivity contribution is -0.133. The number of fused-ring (bicyclic) bond motifs is 1. The predicted octanol–water partition coefficient (Wildman–Crippen LogP) is 2.17. The van der Waals surface area contributed by atoms with Crippen molar-refractivity contribution in [2.75, 3.05) is 19.6 Å². The second-order valence-electron chi connectivity index (χ2n) is 6.43. The van der Waals surface area contributed by atoms with Crippen LogP contribution in [0.2, 0.25) is 0 Å². The minimum atomic E-state index is 0.423. The number of amides is 1. The average molecular weight is 250 g/mol. The lowest BCUT2D eigenvalue weighted by atomic mass is 9.92. The molecule has 1 N–H and O–H groups in total. The molecule has 1 amide bonds. The summed E-state index contributed by atoms with van der Waals surface area (Å²) in [7, 11) is 0. The molecule has 18 heavy (non-hydrogen) atoms. The van der Waals surface area contributed by atoms with Gasteiger partial charge in [0.15, 0.2) is 0 Å². The monoisotopic (exact) mass is 250 g/mol. The van der Waals surface area contributed by atoms with Crippen LogP contribution in [0.25, 0.3) is 0 Å². The highest BCUT2D eigenvalue weighted by Crippen LogP contribution is 2.29. The van der Waals surface area contributed by atoms with Crippen LogP contribution >= 0.6 is 0 Å². The molecule has 0 radical (unpaired) electrons. The maximum atomic E-state index is 12.2. The van der Waals surface area contributed by atoms with Gasteiger partial charge in [-0.15, -0.1) is 0 Å². The Labute approximate surface area is 110 Å².